The van der Waals surface area contributed by atoms with E-state index in [1.165, 1.54) is 11.6 Å². The van der Waals surface area contributed by atoms with Crippen LogP contribution in [0.15, 0.2) is 73.1 Å². The number of benzene rings is 2. The minimum absolute atomic E-state index is 0.0284. The molecule has 6 heteroatoms. The van der Waals surface area contributed by atoms with Crippen LogP contribution in [0.25, 0.3) is 0 Å². The average molecular weight is 434 g/mol. The van der Waals surface area contributed by atoms with Gasteiger partial charge in [0.2, 0.25) is 5.91 Å². The lowest BCUT2D eigenvalue weighted by Gasteiger charge is -2.24. The van der Waals surface area contributed by atoms with Crippen LogP contribution in [-0.4, -0.2) is 35.4 Å². The van der Waals surface area contributed by atoms with Gasteiger partial charge in [-0.25, -0.2) is 4.39 Å². The summed E-state index contributed by atoms with van der Waals surface area (Å²) in [6.07, 6.45) is 5.32. The molecule has 1 amide bonds. The molecule has 5 nitrogen and oxygen atoms in total. The van der Waals surface area contributed by atoms with E-state index in [1.54, 1.807) is 24.5 Å². The standard InChI is InChI=1S/C26H28FN3O2/c27-23-9-3-2-8-22(23)25-19-30(18-21-7-1-4-10-24(21)32-25)17-13-26(31)29-14-5-6-20-11-15-28-16-12-20/h1-4,7-12,15-16,25H,5-6,13-14,17-19H2,(H,29,31). The maximum absolute atomic E-state index is 14.5. The highest BCUT2D eigenvalue weighted by atomic mass is 19.1. The number of carbonyl (C=O) groups is 1. The van der Waals surface area contributed by atoms with Gasteiger partial charge in [-0.15, -0.1) is 0 Å². The second-order valence-corrected chi connectivity index (χ2v) is 8.03. The molecule has 0 saturated carbocycles. The molecule has 0 aliphatic carbocycles. The summed E-state index contributed by atoms with van der Waals surface area (Å²) in [7, 11) is 0. The summed E-state index contributed by atoms with van der Waals surface area (Å²) >= 11 is 0. The quantitative estimate of drug-likeness (QED) is 0.539. The van der Waals surface area contributed by atoms with E-state index < -0.39 is 6.10 Å². The third kappa shape index (κ3) is 5.92. The highest BCUT2D eigenvalue weighted by molar-refractivity contribution is 5.76. The van der Waals surface area contributed by atoms with Crippen molar-refractivity contribution in [2.75, 3.05) is 19.6 Å². The Hall–Kier alpha value is -3.25. The molecule has 166 valence electrons. The van der Waals surface area contributed by atoms with Crippen LogP contribution >= 0.6 is 0 Å². The van der Waals surface area contributed by atoms with Crippen LogP contribution in [0.3, 0.4) is 0 Å². The molecule has 1 atom stereocenters. The van der Waals surface area contributed by atoms with E-state index in [1.807, 2.05) is 42.5 Å². The molecule has 1 aliphatic heterocycles. The minimum atomic E-state index is -0.428. The van der Waals surface area contributed by atoms with Crippen molar-refractivity contribution in [3.63, 3.8) is 0 Å². The zero-order chi connectivity index (χ0) is 22.2. The number of ether oxygens (including phenoxy) is 1. The van der Waals surface area contributed by atoms with Crippen molar-refractivity contribution in [2.45, 2.75) is 31.9 Å². The molecule has 2 heterocycles. The number of hydrogen-bond acceptors (Lipinski definition) is 4. The lowest BCUT2D eigenvalue weighted by molar-refractivity contribution is -0.121. The molecular weight excluding hydrogens is 405 g/mol. The van der Waals surface area contributed by atoms with Crippen molar-refractivity contribution in [3.05, 3.63) is 95.6 Å². The molecule has 0 saturated heterocycles. The van der Waals surface area contributed by atoms with E-state index >= 15 is 0 Å². The number of hydrogen-bond donors (Lipinski definition) is 1. The van der Waals surface area contributed by atoms with Gasteiger partial charge in [0.1, 0.15) is 17.7 Å². The molecule has 0 radical (unpaired) electrons. The van der Waals surface area contributed by atoms with Crippen molar-refractivity contribution in [2.24, 2.45) is 0 Å². The van der Waals surface area contributed by atoms with Crippen molar-refractivity contribution < 1.29 is 13.9 Å². The third-order valence-corrected chi connectivity index (χ3v) is 5.68. The van der Waals surface area contributed by atoms with E-state index in [0.717, 1.165) is 24.2 Å². The summed E-state index contributed by atoms with van der Waals surface area (Å²) in [5.74, 6) is 0.521. The lowest BCUT2D eigenvalue weighted by atomic mass is 10.1. The molecule has 32 heavy (non-hydrogen) atoms. The fraction of sp³-hybridized carbons (Fsp3) is 0.308. The first kappa shape index (κ1) is 22.0. The maximum Gasteiger partial charge on any atom is 0.221 e. The second kappa shape index (κ2) is 10.9. The first-order valence-electron chi connectivity index (χ1n) is 11.1. The Labute approximate surface area is 188 Å². The second-order valence-electron chi connectivity index (χ2n) is 8.03. The van der Waals surface area contributed by atoms with E-state index in [-0.39, 0.29) is 11.7 Å². The van der Waals surface area contributed by atoms with Crippen LogP contribution in [-0.2, 0) is 17.8 Å². The van der Waals surface area contributed by atoms with Gasteiger partial charge in [-0.05, 0) is 42.7 Å². The number of aromatic nitrogens is 1. The highest BCUT2D eigenvalue weighted by Crippen LogP contribution is 2.32. The van der Waals surface area contributed by atoms with Crippen LogP contribution in [0, 0.1) is 5.82 Å². The first-order valence-corrected chi connectivity index (χ1v) is 11.1. The maximum atomic E-state index is 14.5. The summed E-state index contributed by atoms with van der Waals surface area (Å²) in [6.45, 7) is 2.41. The largest absolute Gasteiger partial charge is 0.484 e. The first-order chi connectivity index (χ1) is 15.7. The van der Waals surface area contributed by atoms with Gasteiger partial charge < -0.3 is 10.1 Å². The Balaban J connectivity index is 1.32. The Morgan fingerprint density at radius 3 is 2.72 bits per heavy atom. The van der Waals surface area contributed by atoms with Gasteiger partial charge in [0.05, 0.1) is 0 Å². The van der Waals surface area contributed by atoms with Crippen molar-refractivity contribution >= 4 is 5.91 Å². The smallest absolute Gasteiger partial charge is 0.221 e. The fourth-order valence-corrected chi connectivity index (χ4v) is 3.97. The normalized spacial score (nSPS) is 16.0. The fourth-order valence-electron chi connectivity index (χ4n) is 3.97. The molecule has 0 spiro atoms. The zero-order valence-electron chi connectivity index (χ0n) is 18.0. The summed E-state index contributed by atoms with van der Waals surface area (Å²) in [6, 6.07) is 18.5. The summed E-state index contributed by atoms with van der Waals surface area (Å²) in [5.41, 5.74) is 2.80. The van der Waals surface area contributed by atoms with Gasteiger partial charge in [-0.3, -0.25) is 14.7 Å². The van der Waals surface area contributed by atoms with Gasteiger partial charge in [0.15, 0.2) is 0 Å². The lowest BCUT2D eigenvalue weighted by Crippen LogP contribution is -2.33. The van der Waals surface area contributed by atoms with Gasteiger partial charge in [-0.2, -0.15) is 0 Å². The Morgan fingerprint density at radius 2 is 1.88 bits per heavy atom. The number of pyridine rings is 1. The van der Waals surface area contributed by atoms with Crippen LogP contribution in [0.4, 0.5) is 4.39 Å². The molecule has 1 aliphatic rings. The Bertz CT molecular complexity index is 1030. The predicted molar refractivity (Wildman–Crippen MR) is 122 cm³/mol. The number of para-hydroxylation sites is 1. The Morgan fingerprint density at radius 1 is 1.09 bits per heavy atom. The van der Waals surface area contributed by atoms with Crippen LogP contribution in [0.1, 0.15) is 35.6 Å². The number of halogens is 1. The van der Waals surface area contributed by atoms with Gasteiger partial charge >= 0.3 is 0 Å². The monoisotopic (exact) mass is 433 g/mol. The number of amides is 1. The average Bonchev–Trinajstić information content (AvgIpc) is 3.01. The molecule has 1 N–H and O–H groups in total. The number of rotatable bonds is 8. The molecule has 4 rings (SSSR count). The van der Waals surface area contributed by atoms with Gasteiger partial charge in [0, 0.05) is 56.1 Å². The molecule has 0 fully saturated rings. The topological polar surface area (TPSA) is 54.5 Å². The molecule has 1 unspecified atom stereocenters. The van der Waals surface area contributed by atoms with Crippen molar-refractivity contribution in [1.29, 1.82) is 0 Å². The minimum Gasteiger partial charge on any atom is -0.484 e. The Kier molecular flexibility index (Phi) is 7.46. The van der Waals surface area contributed by atoms with Crippen LogP contribution < -0.4 is 10.1 Å². The SMILES string of the molecule is O=C(CCN1Cc2ccccc2OC(c2ccccc2F)C1)NCCCc1ccncc1. The van der Waals surface area contributed by atoms with E-state index in [2.05, 4.69) is 15.2 Å². The van der Waals surface area contributed by atoms with Crippen LogP contribution in [0.2, 0.25) is 0 Å². The van der Waals surface area contributed by atoms with E-state index in [9.17, 15) is 9.18 Å². The van der Waals surface area contributed by atoms with E-state index in [0.29, 0.717) is 38.2 Å². The van der Waals surface area contributed by atoms with E-state index in [4.69, 9.17) is 4.74 Å². The highest BCUT2D eigenvalue weighted by Gasteiger charge is 2.26. The predicted octanol–water partition coefficient (Wildman–Crippen LogP) is 4.30. The summed E-state index contributed by atoms with van der Waals surface area (Å²) < 4.78 is 20.6. The number of carbonyl (C=O) groups excluding carboxylic acids is 1. The van der Waals surface area contributed by atoms with Gasteiger partial charge in [-0.1, -0.05) is 36.4 Å². The number of aryl methyl sites for hydroxylation is 1. The van der Waals surface area contributed by atoms with Crippen molar-refractivity contribution in [3.8, 4) is 5.75 Å². The molecular formula is C26H28FN3O2. The third-order valence-electron chi connectivity index (χ3n) is 5.68. The number of nitrogens with zero attached hydrogens (tertiary/aromatic N) is 2. The van der Waals surface area contributed by atoms with Crippen molar-refractivity contribution in [1.82, 2.24) is 15.2 Å². The van der Waals surface area contributed by atoms with Gasteiger partial charge in [0.25, 0.3) is 0 Å². The summed E-state index contributed by atoms with van der Waals surface area (Å²) in [5, 5.41) is 3.01. The number of fused-ring (bicyclic) bond motifs is 1. The molecule has 2 aromatic carbocycles. The number of nitrogens with one attached hydrogen (secondary N) is 1. The molecule has 0 bridgehead atoms. The zero-order valence-corrected chi connectivity index (χ0v) is 18.0. The van der Waals surface area contributed by atoms with Crippen LogP contribution in [0.5, 0.6) is 5.75 Å². The molecule has 1 aromatic heterocycles. The molecule has 3 aromatic rings. The summed E-state index contributed by atoms with van der Waals surface area (Å²) in [4.78, 5) is 18.6.